The summed E-state index contributed by atoms with van der Waals surface area (Å²) in [6.45, 7) is 2.69. The van der Waals surface area contributed by atoms with Crippen molar-refractivity contribution in [2.45, 2.75) is 26.4 Å². The van der Waals surface area contributed by atoms with E-state index in [0.717, 1.165) is 27.0 Å². The second-order valence-electron chi connectivity index (χ2n) is 8.26. The molecule has 35 heavy (non-hydrogen) atoms. The van der Waals surface area contributed by atoms with Crippen LogP contribution in [0.3, 0.4) is 0 Å². The molecule has 0 radical (unpaired) electrons. The number of anilines is 2. The number of nitrogens with zero attached hydrogens (tertiary/aromatic N) is 1. The minimum Gasteiger partial charge on any atom is -0.375 e. The SMILES string of the molecule is Cc1ccccc1C(=O)c1ccc(Nc2ccc(Br)cc2COCCN2C(=O)CCC2=O)cc1Cl. The van der Waals surface area contributed by atoms with Crippen LogP contribution in [0.5, 0.6) is 0 Å². The number of hydrogen-bond acceptors (Lipinski definition) is 5. The number of rotatable bonds is 9. The summed E-state index contributed by atoms with van der Waals surface area (Å²) in [5, 5.41) is 3.70. The van der Waals surface area contributed by atoms with E-state index in [1.54, 1.807) is 18.2 Å². The van der Waals surface area contributed by atoms with Gasteiger partial charge in [-0.25, -0.2) is 0 Å². The third-order valence-electron chi connectivity index (χ3n) is 5.82. The molecule has 1 heterocycles. The number of ketones is 1. The van der Waals surface area contributed by atoms with E-state index in [1.807, 2.05) is 49.4 Å². The van der Waals surface area contributed by atoms with Crippen LogP contribution in [0.25, 0.3) is 0 Å². The molecule has 1 aliphatic rings. The average Bonchev–Trinajstić information content (AvgIpc) is 3.15. The molecule has 0 spiro atoms. The van der Waals surface area contributed by atoms with Crippen LogP contribution in [0.2, 0.25) is 5.02 Å². The smallest absolute Gasteiger partial charge is 0.229 e. The number of halogens is 2. The summed E-state index contributed by atoms with van der Waals surface area (Å²) < 4.78 is 6.66. The van der Waals surface area contributed by atoms with Crippen LogP contribution in [-0.4, -0.2) is 35.6 Å². The first kappa shape index (κ1) is 25.1. The summed E-state index contributed by atoms with van der Waals surface area (Å²) in [5.41, 5.74) is 4.39. The highest BCUT2D eigenvalue weighted by Gasteiger charge is 2.28. The van der Waals surface area contributed by atoms with Crippen molar-refractivity contribution in [2.24, 2.45) is 0 Å². The summed E-state index contributed by atoms with van der Waals surface area (Å²) >= 11 is 9.98. The standard InChI is InChI=1S/C27H24BrClN2O4/c1-17-4-2-3-5-21(17)27(34)22-8-7-20(15-23(22)29)30-24-9-6-19(28)14-18(24)16-35-13-12-31-25(32)10-11-26(31)33/h2-9,14-15,30H,10-13,16H2,1H3. The van der Waals surface area contributed by atoms with Gasteiger partial charge in [-0.2, -0.15) is 0 Å². The number of likely N-dealkylation sites (tertiary alicyclic amines) is 1. The third-order valence-corrected chi connectivity index (χ3v) is 6.63. The maximum atomic E-state index is 13.0. The monoisotopic (exact) mass is 554 g/mol. The zero-order chi connectivity index (χ0) is 24.9. The minimum absolute atomic E-state index is 0.118. The predicted octanol–water partition coefficient (Wildman–Crippen LogP) is 6.05. The Hall–Kier alpha value is -3.00. The highest BCUT2D eigenvalue weighted by atomic mass is 79.9. The zero-order valence-corrected chi connectivity index (χ0v) is 21.5. The number of benzene rings is 3. The third kappa shape index (κ3) is 5.99. The minimum atomic E-state index is -0.148. The van der Waals surface area contributed by atoms with Crippen molar-refractivity contribution in [3.05, 3.63) is 92.4 Å². The maximum absolute atomic E-state index is 13.0. The van der Waals surface area contributed by atoms with Crippen LogP contribution in [0.4, 0.5) is 11.4 Å². The topological polar surface area (TPSA) is 75.7 Å². The van der Waals surface area contributed by atoms with Crippen LogP contribution in [-0.2, 0) is 20.9 Å². The first-order chi connectivity index (χ1) is 16.8. The van der Waals surface area contributed by atoms with Gasteiger partial charge in [-0.05, 0) is 48.9 Å². The number of aryl methyl sites for hydroxylation is 1. The number of carbonyl (C=O) groups is 3. The van der Waals surface area contributed by atoms with Crippen LogP contribution in [0.1, 0.15) is 39.9 Å². The molecule has 1 N–H and O–H groups in total. The summed E-state index contributed by atoms with van der Waals surface area (Å²) in [6, 6.07) is 18.4. The van der Waals surface area contributed by atoms with Gasteiger partial charge in [0.25, 0.3) is 0 Å². The maximum Gasteiger partial charge on any atom is 0.229 e. The van der Waals surface area contributed by atoms with E-state index >= 15 is 0 Å². The predicted molar refractivity (Wildman–Crippen MR) is 139 cm³/mol. The molecule has 6 nitrogen and oxygen atoms in total. The highest BCUT2D eigenvalue weighted by Crippen LogP contribution is 2.29. The Labute approximate surface area is 217 Å². The molecule has 3 aromatic rings. The molecule has 1 saturated heterocycles. The summed E-state index contributed by atoms with van der Waals surface area (Å²) in [5.74, 6) is -0.415. The van der Waals surface area contributed by atoms with Gasteiger partial charge in [0.15, 0.2) is 5.78 Å². The Morgan fingerprint density at radius 2 is 1.77 bits per heavy atom. The van der Waals surface area contributed by atoms with Crippen molar-refractivity contribution in [3.63, 3.8) is 0 Å². The van der Waals surface area contributed by atoms with Crippen molar-refractivity contribution < 1.29 is 19.1 Å². The first-order valence-corrected chi connectivity index (χ1v) is 12.4. The number of hydrogen-bond donors (Lipinski definition) is 1. The average molecular weight is 556 g/mol. The molecule has 0 aliphatic carbocycles. The zero-order valence-electron chi connectivity index (χ0n) is 19.1. The summed E-state index contributed by atoms with van der Waals surface area (Å²) in [6.07, 6.45) is 0.548. The molecule has 0 saturated carbocycles. The molecule has 0 aromatic heterocycles. The molecule has 1 fully saturated rings. The second kappa shape index (κ2) is 11.2. The van der Waals surface area contributed by atoms with Gasteiger partial charge in [0, 0.05) is 45.4 Å². The van der Waals surface area contributed by atoms with Gasteiger partial charge >= 0.3 is 0 Å². The van der Waals surface area contributed by atoms with E-state index in [4.69, 9.17) is 16.3 Å². The van der Waals surface area contributed by atoms with E-state index in [1.165, 1.54) is 4.90 Å². The van der Waals surface area contributed by atoms with Crippen LogP contribution in [0, 0.1) is 6.92 Å². The van der Waals surface area contributed by atoms with Gasteiger partial charge in [-0.3, -0.25) is 19.3 Å². The number of nitrogens with one attached hydrogen (secondary N) is 1. The molecule has 8 heteroatoms. The fourth-order valence-corrected chi connectivity index (χ4v) is 4.59. The fourth-order valence-electron chi connectivity index (χ4n) is 3.92. The lowest BCUT2D eigenvalue weighted by Crippen LogP contribution is -2.32. The van der Waals surface area contributed by atoms with E-state index in [2.05, 4.69) is 21.2 Å². The van der Waals surface area contributed by atoms with E-state index in [0.29, 0.717) is 16.1 Å². The van der Waals surface area contributed by atoms with Crippen molar-refractivity contribution in [1.82, 2.24) is 4.90 Å². The van der Waals surface area contributed by atoms with Gasteiger partial charge in [0.05, 0.1) is 24.8 Å². The largest absolute Gasteiger partial charge is 0.375 e. The lowest BCUT2D eigenvalue weighted by molar-refractivity contribution is -0.139. The quantitative estimate of drug-likeness (QED) is 0.198. The molecule has 180 valence electrons. The highest BCUT2D eigenvalue weighted by molar-refractivity contribution is 9.10. The normalized spacial score (nSPS) is 13.4. The molecule has 1 aliphatic heterocycles. The van der Waals surface area contributed by atoms with Gasteiger partial charge in [0.2, 0.25) is 11.8 Å². The van der Waals surface area contributed by atoms with E-state index in [9.17, 15) is 14.4 Å². The lowest BCUT2D eigenvalue weighted by Gasteiger charge is -2.16. The lowest BCUT2D eigenvalue weighted by atomic mass is 9.99. The van der Waals surface area contributed by atoms with Gasteiger partial charge in [-0.15, -0.1) is 0 Å². The Morgan fingerprint density at radius 3 is 2.49 bits per heavy atom. The van der Waals surface area contributed by atoms with Crippen molar-refractivity contribution >= 4 is 56.5 Å². The Morgan fingerprint density at radius 1 is 1.03 bits per heavy atom. The molecular weight excluding hydrogens is 532 g/mol. The number of imide groups is 1. The van der Waals surface area contributed by atoms with E-state index in [-0.39, 0.29) is 50.2 Å². The Bertz CT molecular complexity index is 1280. The molecule has 4 rings (SSSR count). The molecule has 0 atom stereocenters. The summed E-state index contributed by atoms with van der Waals surface area (Å²) in [4.78, 5) is 37.7. The van der Waals surface area contributed by atoms with E-state index < -0.39 is 0 Å². The number of carbonyl (C=O) groups excluding carboxylic acids is 3. The molecule has 0 bridgehead atoms. The Balaban J connectivity index is 1.44. The molecule has 3 aromatic carbocycles. The second-order valence-corrected chi connectivity index (χ2v) is 9.58. The van der Waals surface area contributed by atoms with Gasteiger partial charge in [-0.1, -0.05) is 51.8 Å². The Kier molecular flexibility index (Phi) is 8.00. The molecular formula is C27H24BrClN2O4. The van der Waals surface area contributed by atoms with Crippen LogP contribution < -0.4 is 5.32 Å². The van der Waals surface area contributed by atoms with Crippen LogP contribution >= 0.6 is 27.5 Å². The van der Waals surface area contributed by atoms with Gasteiger partial charge in [0.1, 0.15) is 0 Å². The molecule has 2 amide bonds. The van der Waals surface area contributed by atoms with Crippen molar-refractivity contribution in [2.75, 3.05) is 18.5 Å². The van der Waals surface area contributed by atoms with Crippen molar-refractivity contribution in [1.29, 1.82) is 0 Å². The number of ether oxygens (including phenoxy) is 1. The van der Waals surface area contributed by atoms with Crippen LogP contribution in [0.15, 0.2) is 65.1 Å². The fraction of sp³-hybridized carbons (Fsp3) is 0.222. The number of amides is 2. The van der Waals surface area contributed by atoms with Crippen molar-refractivity contribution in [3.8, 4) is 0 Å². The van der Waals surface area contributed by atoms with Gasteiger partial charge < -0.3 is 10.1 Å². The first-order valence-electron chi connectivity index (χ1n) is 11.2. The summed E-state index contributed by atoms with van der Waals surface area (Å²) in [7, 11) is 0. The molecule has 0 unspecified atom stereocenters.